The van der Waals surface area contributed by atoms with Crippen molar-refractivity contribution in [3.8, 4) is 5.69 Å². The minimum absolute atomic E-state index is 0.240. The molecule has 0 bridgehead atoms. The van der Waals surface area contributed by atoms with Crippen molar-refractivity contribution in [3.63, 3.8) is 0 Å². The molecule has 1 saturated heterocycles. The molecular formula is C23H24N2O6S. The number of carbonyl (C=O) groups is 4. The predicted octanol–water partition coefficient (Wildman–Crippen LogP) is 3.79. The van der Waals surface area contributed by atoms with E-state index < -0.39 is 29.1 Å². The average molecular weight is 457 g/mol. The first-order valence-electron chi connectivity index (χ1n) is 9.83. The number of aromatic nitrogens is 1. The topological polar surface area (TPSA) is 94.9 Å². The van der Waals surface area contributed by atoms with Crippen LogP contribution in [0.15, 0.2) is 29.2 Å². The van der Waals surface area contributed by atoms with Gasteiger partial charge in [0, 0.05) is 17.1 Å². The van der Waals surface area contributed by atoms with Crippen LogP contribution in [-0.2, 0) is 19.1 Å². The van der Waals surface area contributed by atoms with Gasteiger partial charge in [0.05, 0.1) is 24.7 Å². The molecule has 168 valence electrons. The molecular weight excluding hydrogens is 432 g/mol. The van der Waals surface area contributed by atoms with E-state index in [0.717, 1.165) is 44.9 Å². The van der Waals surface area contributed by atoms with Crippen LogP contribution in [0.1, 0.15) is 39.8 Å². The molecule has 2 aromatic rings. The summed E-state index contributed by atoms with van der Waals surface area (Å²) in [6.45, 7) is 7.20. The summed E-state index contributed by atoms with van der Waals surface area (Å²) in [5.41, 5.74) is 4.79. The Morgan fingerprint density at radius 3 is 2.34 bits per heavy atom. The smallest absolute Gasteiger partial charge is 0.337 e. The van der Waals surface area contributed by atoms with Gasteiger partial charge in [-0.05, 0) is 80.9 Å². The quantitative estimate of drug-likeness (QED) is 0.499. The van der Waals surface area contributed by atoms with Gasteiger partial charge < -0.3 is 14.0 Å². The Morgan fingerprint density at radius 2 is 1.75 bits per heavy atom. The van der Waals surface area contributed by atoms with Gasteiger partial charge in [0.25, 0.3) is 11.1 Å². The lowest BCUT2D eigenvalue weighted by Gasteiger charge is -2.18. The summed E-state index contributed by atoms with van der Waals surface area (Å²) in [4.78, 5) is 49.9. The van der Waals surface area contributed by atoms with Crippen LogP contribution in [-0.4, -0.2) is 52.8 Å². The second-order valence-corrected chi connectivity index (χ2v) is 8.40. The molecule has 8 nitrogen and oxygen atoms in total. The van der Waals surface area contributed by atoms with Gasteiger partial charge in [-0.3, -0.25) is 14.5 Å². The zero-order valence-electron chi connectivity index (χ0n) is 18.7. The number of amides is 2. The fraction of sp³-hybridized carbons (Fsp3) is 0.304. The predicted molar refractivity (Wildman–Crippen MR) is 121 cm³/mol. The van der Waals surface area contributed by atoms with E-state index in [1.54, 1.807) is 18.2 Å². The number of rotatable bonds is 5. The van der Waals surface area contributed by atoms with Crippen molar-refractivity contribution >= 4 is 40.9 Å². The Labute approximate surface area is 190 Å². The molecule has 0 radical (unpaired) electrons. The molecule has 3 rings (SSSR count). The number of imide groups is 1. The third-order valence-electron chi connectivity index (χ3n) is 5.37. The van der Waals surface area contributed by atoms with Crippen molar-refractivity contribution in [1.29, 1.82) is 0 Å². The molecule has 2 heterocycles. The summed E-state index contributed by atoms with van der Waals surface area (Å²) in [6.07, 6.45) is 1.66. The van der Waals surface area contributed by atoms with Crippen LogP contribution in [0.4, 0.5) is 4.79 Å². The molecule has 1 aromatic heterocycles. The number of nitrogens with zero attached hydrogens (tertiary/aromatic N) is 2. The first-order valence-corrected chi connectivity index (χ1v) is 10.7. The molecule has 9 heteroatoms. The molecule has 1 fully saturated rings. The Morgan fingerprint density at radius 1 is 1.06 bits per heavy atom. The molecule has 0 unspecified atom stereocenters. The summed E-state index contributed by atoms with van der Waals surface area (Å²) in [5, 5.41) is -0.512. The van der Waals surface area contributed by atoms with Crippen molar-refractivity contribution < 1.29 is 28.7 Å². The first kappa shape index (κ1) is 23.3. The summed E-state index contributed by atoms with van der Waals surface area (Å²) in [5.74, 6) is -1.59. The highest BCUT2D eigenvalue weighted by molar-refractivity contribution is 8.18. The van der Waals surface area contributed by atoms with Crippen molar-refractivity contribution in [2.24, 2.45) is 0 Å². The minimum atomic E-state index is -0.998. The molecule has 1 aliphatic rings. The lowest BCUT2D eigenvalue weighted by atomic mass is 10.1. The largest absolute Gasteiger partial charge is 0.467 e. The number of thioether (sulfide) groups is 1. The molecule has 1 atom stereocenters. The van der Waals surface area contributed by atoms with E-state index in [1.165, 1.54) is 21.1 Å². The standard InChI is InChI=1S/C23H24N2O6S/c1-12-9-16(22(28)31-6)7-8-18(12)24-13(2)10-17(14(24)3)11-19-20(26)25(23(29)32-19)15(4)21(27)30-5/h7-11,15H,1-6H3/b19-11+/t15-/m0/s1. The highest BCUT2D eigenvalue weighted by Crippen LogP contribution is 2.35. The highest BCUT2D eigenvalue weighted by Gasteiger charge is 2.41. The van der Waals surface area contributed by atoms with Gasteiger partial charge in [-0.2, -0.15) is 0 Å². The number of benzene rings is 1. The molecule has 32 heavy (non-hydrogen) atoms. The molecule has 0 N–H and O–H groups in total. The van der Waals surface area contributed by atoms with Crippen molar-refractivity contribution in [1.82, 2.24) is 9.47 Å². The van der Waals surface area contributed by atoms with Gasteiger partial charge in [0.1, 0.15) is 6.04 Å². The maximum Gasteiger partial charge on any atom is 0.337 e. The highest BCUT2D eigenvalue weighted by atomic mass is 32.2. The van der Waals surface area contributed by atoms with Gasteiger partial charge in [-0.1, -0.05) is 0 Å². The maximum absolute atomic E-state index is 12.8. The summed E-state index contributed by atoms with van der Waals surface area (Å²) in [7, 11) is 2.55. The van der Waals surface area contributed by atoms with Gasteiger partial charge >= 0.3 is 11.9 Å². The summed E-state index contributed by atoms with van der Waals surface area (Å²) >= 11 is 0.793. The molecule has 1 aromatic carbocycles. The number of carbonyl (C=O) groups excluding carboxylic acids is 4. The van der Waals surface area contributed by atoms with E-state index in [9.17, 15) is 19.2 Å². The molecule has 0 spiro atoms. The summed E-state index contributed by atoms with van der Waals surface area (Å²) < 4.78 is 11.5. The Bertz CT molecular complexity index is 1160. The van der Waals surface area contributed by atoms with Crippen LogP contribution in [0.2, 0.25) is 0 Å². The van der Waals surface area contributed by atoms with E-state index in [-0.39, 0.29) is 4.91 Å². The van der Waals surface area contributed by atoms with Crippen molar-refractivity contribution in [3.05, 3.63) is 57.2 Å². The first-order chi connectivity index (χ1) is 15.1. The number of ether oxygens (including phenoxy) is 2. The zero-order chi connectivity index (χ0) is 23.7. The fourth-order valence-electron chi connectivity index (χ4n) is 3.69. The molecule has 0 saturated carbocycles. The van der Waals surface area contributed by atoms with Crippen LogP contribution in [0, 0.1) is 20.8 Å². The zero-order valence-corrected chi connectivity index (χ0v) is 19.5. The summed E-state index contributed by atoms with van der Waals surface area (Å²) in [6, 6.07) is 6.23. The van der Waals surface area contributed by atoms with Gasteiger partial charge in [0.2, 0.25) is 0 Å². The fourth-order valence-corrected chi connectivity index (χ4v) is 4.59. The van der Waals surface area contributed by atoms with Crippen molar-refractivity contribution in [2.75, 3.05) is 14.2 Å². The van der Waals surface area contributed by atoms with Crippen molar-refractivity contribution in [2.45, 2.75) is 33.7 Å². The van der Waals surface area contributed by atoms with E-state index in [0.29, 0.717) is 5.56 Å². The van der Waals surface area contributed by atoms with Crippen LogP contribution < -0.4 is 0 Å². The normalized spacial score (nSPS) is 15.9. The van der Waals surface area contributed by atoms with Crippen LogP contribution >= 0.6 is 11.8 Å². The Balaban J connectivity index is 1.98. The number of methoxy groups -OCH3 is 2. The van der Waals surface area contributed by atoms with E-state index in [4.69, 9.17) is 4.74 Å². The molecule has 0 aliphatic carbocycles. The lowest BCUT2D eigenvalue weighted by Crippen LogP contribution is -2.42. The third kappa shape index (κ3) is 4.08. The van der Waals surface area contributed by atoms with Crippen LogP contribution in [0.5, 0.6) is 0 Å². The lowest BCUT2D eigenvalue weighted by molar-refractivity contribution is -0.148. The Hall–Kier alpha value is -3.33. The second-order valence-electron chi connectivity index (χ2n) is 7.41. The van der Waals surface area contributed by atoms with Gasteiger partial charge in [0.15, 0.2) is 0 Å². The van der Waals surface area contributed by atoms with Gasteiger partial charge in [-0.25, -0.2) is 9.59 Å². The molecule has 1 aliphatic heterocycles. The van der Waals surface area contributed by atoms with E-state index in [1.807, 2.05) is 37.5 Å². The minimum Gasteiger partial charge on any atom is -0.467 e. The monoisotopic (exact) mass is 456 g/mol. The number of hydrogen-bond acceptors (Lipinski definition) is 7. The van der Waals surface area contributed by atoms with E-state index >= 15 is 0 Å². The Kier molecular flexibility index (Phi) is 6.59. The van der Waals surface area contributed by atoms with Gasteiger partial charge in [-0.15, -0.1) is 0 Å². The number of esters is 2. The van der Waals surface area contributed by atoms with Crippen LogP contribution in [0.25, 0.3) is 11.8 Å². The maximum atomic E-state index is 12.8. The SMILES string of the molecule is COC(=O)c1ccc(-n2c(C)cc(/C=C3/SC(=O)N([C@@H](C)C(=O)OC)C3=O)c2C)c(C)c1. The number of hydrogen-bond donors (Lipinski definition) is 0. The average Bonchev–Trinajstić information content (AvgIpc) is 3.20. The van der Waals surface area contributed by atoms with Crippen LogP contribution in [0.3, 0.4) is 0 Å². The molecule has 2 amide bonds. The number of aryl methyl sites for hydroxylation is 2. The second kappa shape index (κ2) is 9.04. The third-order valence-corrected chi connectivity index (χ3v) is 6.25. The van der Waals surface area contributed by atoms with E-state index in [2.05, 4.69) is 4.74 Å².